The molecule has 19 heavy (non-hydrogen) atoms. The van der Waals surface area contributed by atoms with E-state index in [1.165, 1.54) is 17.0 Å². The van der Waals surface area contributed by atoms with Crippen molar-refractivity contribution in [3.05, 3.63) is 35.6 Å². The molecule has 1 N–H and O–H groups in total. The zero-order chi connectivity index (χ0) is 14.0. The van der Waals surface area contributed by atoms with E-state index in [4.69, 9.17) is 9.84 Å². The molecule has 0 aliphatic carbocycles. The Morgan fingerprint density at radius 2 is 2.32 bits per heavy atom. The van der Waals surface area contributed by atoms with Crippen LogP contribution in [0, 0.1) is 5.82 Å². The molecule has 0 radical (unpaired) electrons. The number of nitrogens with zero attached hydrogens (tertiary/aromatic N) is 1. The number of cyclic esters (lactones) is 1. The molecule has 0 spiro atoms. The molecule has 1 saturated heterocycles. The Labute approximate surface area is 109 Å². The lowest BCUT2D eigenvalue weighted by atomic mass is 10.0. The zero-order valence-corrected chi connectivity index (χ0v) is 10.4. The highest BCUT2D eigenvalue weighted by atomic mass is 19.1. The first kappa shape index (κ1) is 13.3. The van der Waals surface area contributed by atoms with Crippen LogP contribution in [0.5, 0.6) is 0 Å². The molecule has 1 aromatic carbocycles. The van der Waals surface area contributed by atoms with Crippen molar-refractivity contribution in [2.24, 2.45) is 0 Å². The van der Waals surface area contributed by atoms with Gasteiger partial charge < -0.3 is 9.84 Å². The molecule has 1 aliphatic heterocycles. The van der Waals surface area contributed by atoms with Gasteiger partial charge in [-0.15, -0.1) is 0 Å². The summed E-state index contributed by atoms with van der Waals surface area (Å²) in [6.45, 7) is 1.95. The molecule has 2 rings (SSSR count). The van der Waals surface area contributed by atoms with Crippen LogP contribution in [-0.4, -0.2) is 34.2 Å². The average molecular weight is 267 g/mol. The van der Waals surface area contributed by atoms with Crippen LogP contribution in [0.2, 0.25) is 0 Å². The number of ether oxygens (including phenoxy) is 1. The highest BCUT2D eigenvalue weighted by Crippen LogP contribution is 2.27. The second-order valence-electron chi connectivity index (χ2n) is 4.87. The molecule has 6 heteroatoms. The summed E-state index contributed by atoms with van der Waals surface area (Å²) >= 11 is 0. The van der Waals surface area contributed by atoms with E-state index in [-0.39, 0.29) is 25.3 Å². The summed E-state index contributed by atoms with van der Waals surface area (Å²) in [5.74, 6) is -1.40. The normalized spacial score (nSPS) is 22.4. The number of carbonyl (C=O) groups is 2. The van der Waals surface area contributed by atoms with Crippen molar-refractivity contribution < 1.29 is 23.8 Å². The molecule has 102 valence electrons. The number of hydrogen-bond donors (Lipinski definition) is 1. The van der Waals surface area contributed by atoms with Gasteiger partial charge in [0.2, 0.25) is 0 Å². The second kappa shape index (κ2) is 4.87. The highest BCUT2D eigenvalue weighted by molar-refractivity contribution is 5.74. The van der Waals surface area contributed by atoms with E-state index >= 15 is 0 Å². The maximum atomic E-state index is 13.0. The Morgan fingerprint density at radius 3 is 2.95 bits per heavy atom. The van der Waals surface area contributed by atoms with Crippen LogP contribution in [0.4, 0.5) is 9.18 Å². The summed E-state index contributed by atoms with van der Waals surface area (Å²) in [5.41, 5.74) is -0.396. The number of aliphatic carboxylic acids is 1. The van der Waals surface area contributed by atoms with Gasteiger partial charge in [-0.25, -0.2) is 9.18 Å². The van der Waals surface area contributed by atoms with Crippen molar-refractivity contribution in [2.75, 3.05) is 6.54 Å². The molecule has 1 aromatic rings. The Bertz CT molecular complexity index is 519. The SMILES string of the molecule is CC1(CC(=O)O)CN(Cc2cccc(F)c2)C(=O)O1. The zero-order valence-electron chi connectivity index (χ0n) is 10.4. The fourth-order valence-electron chi connectivity index (χ4n) is 2.16. The molecule has 1 aliphatic rings. The van der Waals surface area contributed by atoms with E-state index in [0.717, 1.165) is 0 Å². The van der Waals surface area contributed by atoms with Gasteiger partial charge >= 0.3 is 12.1 Å². The first-order valence-corrected chi connectivity index (χ1v) is 5.82. The van der Waals surface area contributed by atoms with Gasteiger partial charge in [0.15, 0.2) is 0 Å². The van der Waals surface area contributed by atoms with Gasteiger partial charge in [0.1, 0.15) is 11.4 Å². The summed E-state index contributed by atoms with van der Waals surface area (Å²) in [6.07, 6.45) is -0.828. The third kappa shape index (κ3) is 3.21. The van der Waals surface area contributed by atoms with Gasteiger partial charge in [-0.3, -0.25) is 9.69 Å². The van der Waals surface area contributed by atoms with Gasteiger partial charge in [0.05, 0.1) is 13.0 Å². The maximum Gasteiger partial charge on any atom is 0.410 e. The summed E-state index contributed by atoms with van der Waals surface area (Å²) in [6, 6.07) is 5.91. The number of benzene rings is 1. The van der Waals surface area contributed by atoms with Crippen LogP contribution in [0.3, 0.4) is 0 Å². The van der Waals surface area contributed by atoms with Crippen molar-refractivity contribution in [3.63, 3.8) is 0 Å². The minimum Gasteiger partial charge on any atom is -0.481 e. The average Bonchev–Trinajstić information content (AvgIpc) is 2.52. The maximum absolute atomic E-state index is 13.0. The molecule has 0 saturated carbocycles. The van der Waals surface area contributed by atoms with E-state index in [0.29, 0.717) is 5.56 Å². The molecule has 1 heterocycles. The highest BCUT2D eigenvalue weighted by Gasteiger charge is 2.42. The number of carboxylic acid groups (broad SMARTS) is 1. The minimum absolute atomic E-state index is 0.175. The molecule has 1 unspecified atom stereocenters. The van der Waals surface area contributed by atoms with Crippen molar-refractivity contribution in [1.29, 1.82) is 0 Å². The summed E-state index contributed by atoms with van der Waals surface area (Å²) in [5, 5.41) is 8.78. The van der Waals surface area contributed by atoms with Gasteiger partial charge in [0.25, 0.3) is 0 Å². The van der Waals surface area contributed by atoms with E-state index in [9.17, 15) is 14.0 Å². The van der Waals surface area contributed by atoms with Crippen LogP contribution < -0.4 is 0 Å². The standard InChI is InChI=1S/C13H14FNO4/c1-13(6-11(16)17)8-15(12(18)19-13)7-9-3-2-4-10(14)5-9/h2-5H,6-8H2,1H3,(H,16,17). The van der Waals surface area contributed by atoms with E-state index in [1.54, 1.807) is 19.1 Å². The fourth-order valence-corrected chi connectivity index (χ4v) is 2.16. The fraction of sp³-hybridized carbons (Fsp3) is 0.385. The Hall–Kier alpha value is -2.11. The molecule has 0 bridgehead atoms. The number of halogens is 1. The quantitative estimate of drug-likeness (QED) is 0.906. The van der Waals surface area contributed by atoms with Crippen molar-refractivity contribution in [1.82, 2.24) is 4.90 Å². The van der Waals surface area contributed by atoms with E-state index in [2.05, 4.69) is 0 Å². The lowest BCUT2D eigenvalue weighted by Gasteiger charge is -2.19. The number of carbonyl (C=O) groups excluding carboxylic acids is 1. The van der Waals surface area contributed by atoms with Gasteiger partial charge in [0, 0.05) is 6.54 Å². The van der Waals surface area contributed by atoms with Crippen LogP contribution in [-0.2, 0) is 16.1 Å². The van der Waals surface area contributed by atoms with Gasteiger partial charge in [-0.2, -0.15) is 0 Å². The summed E-state index contributed by atoms with van der Waals surface area (Å²) in [7, 11) is 0. The van der Waals surface area contributed by atoms with Gasteiger partial charge in [-0.1, -0.05) is 12.1 Å². The molecule has 1 fully saturated rings. The third-order valence-corrected chi connectivity index (χ3v) is 2.90. The minimum atomic E-state index is -1.03. The molecule has 1 atom stereocenters. The topological polar surface area (TPSA) is 66.8 Å². The summed E-state index contributed by atoms with van der Waals surface area (Å²) < 4.78 is 18.1. The van der Waals surface area contributed by atoms with Crippen LogP contribution >= 0.6 is 0 Å². The number of amides is 1. The number of carboxylic acids is 1. The summed E-state index contributed by atoms with van der Waals surface area (Å²) in [4.78, 5) is 23.8. The first-order chi connectivity index (χ1) is 8.88. The number of rotatable bonds is 4. The molecular weight excluding hydrogens is 253 g/mol. The van der Waals surface area contributed by atoms with Crippen LogP contribution in [0.1, 0.15) is 18.9 Å². The van der Waals surface area contributed by atoms with E-state index < -0.39 is 17.7 Å². The Kier molecular flexibility index (Phi) is 3.42. The predicted octanol–water partition coefficient (Wildman–Crippen LogP) is 2.01. The van der Waals surface area contributed by atoms with Crippen molar-refractivity contribution >= 4 is 12.1 Å². The molecule has 1 amide bonds. The lowest BCUT2D eigenvalue weighted by Crippen LogP contribution is -2.33. The third-order valence-electron chi connectivity index (χ3n) is 2.90. The van der Waals surface area contributed by atoms with Crippen LogP contribution in [0.15, 0.2) is 24.3 Å². The van der Waals surface area contributed by atoms with Crippen molar-refractivity contribution in [2.45, 2.75) is 25.5 Å². The monoisotopic (exact) mass is 267 g/mol. The largest absolute Gasteiger partial charge is 0.481 e. The number of hydrogen-bond acceptors (Lipinski definition) is 3. The molecule has 0 aromatic heterocycles. The Morgan fingerprint density at radius 1 is 1.58 bits per heavy atom. The van der Waals surface area contributed by atoms with Crippen molar-refractivity contribution in [3.8, 4) is 0 Å². The van der Waals surface area contributed by atoms with E-state index in [1.807, 2.05) is 0 Å². The molecular formula is C13H14FNO4. The smallest absolute Gasteiger partial charge is 0.410 e. The Balaban J connectivity index is 2.06. The second-order valence-corrected chi connectivity index (χ2v) is 4.87. The van der Waals surface area contributed by atoms with Gasteiger partial charge in [-0.05, 0) is 24.6 Å². The lowest BCUT2D eigenvalue weighted by molar-refractivity contribution is -0.140. The predicted molar refractivity (Wildman–Crippen MR) is 63.9 cm³/mol. The first-order valence-electron chi connectivity index (χ1n) is 5.82. The van der Waals surface area contributed by atoms with Crippen LogP contribution in [0.25, 0.3) is 0 Å². The molecule has 5 nitrogen and oxygen atoms in total.